The molecule has 0 spiro atoms. The number of thiophene rings is 1. The fourth-order valence-electron chi connectivity index (χ4n) is 2.37. The zero-order chi connectivity index (χ0) is 17.5. The highest BCUT2D eigenvalue weighted by Gasteiger charge is 2.22. The molecule has 0 aliphatic heterocycles. The molecule has 24 heavy (non-hydrogen) atoms. The first-order valence-corrected chi connectivity index (χ1v) is 9.57. The molecule has 1 aromatic carbocycles. The Hall–Kier alpha value is -2.19. The van der Waals surface area contributed by atoms with Crippen molar-refractivity contribution in [2.45, 2.75) is 32.6 Å². The molecular formula is C16H17N3O3S2. The molecule has 2 heterocycles. The second kappa shape index (κ2) is 6.03. The molecule has 126 valence electrons. The summed E-state index contributed by atoms with van der Waals surface area (Å²) in [4.78, 5) is 5.70. The normalized spacial score (nSPS) is 11.7. The Morgan fingerprint density at radius 3 is 2.50 bits per heavy atom. The smallest absolute Gasteiger partial charge is 0.263 e. The topological polar surface area (TPSA) is 85.1 Å². The van der Waals surface area contributed by atoms with Crippen LogP contribution in [0.2, 0.25) is 0 Å². The van der Waals surface area contributed by atoms with Crippen molar-refractivity contribution in [1.82, 2.24) is 10.1 Å². The fourth-order valence-corrected chi connectivity index (χ4v) is 5.02. The average Bonchev–Trinajstić information content (AvgIpc) is 3.08. The van der Waals surface area contributed by atoms with E-state index in [9.17, 15) is 8.42 Å². The van der Waals surface area contributed by atoms with E-state index in [0.29, 0.717) is 27.2 Å². The van der Waals surface area contributed by atoms with Crippen molar-refractivity contribution in [3.05, 3.63) is 46.2 Å². The average molecular weight is 363 g/mol. The molecule has 0 unspecified atom stereocenters. The van der Waals surface area contributed by atoms with E-state index in [4.69, 9.17) is 4.52 Å². The number of sulfonamides is 1. The van der Waals surface area contributed by atoms with Crippen molar-refractivity contribution in [1.29, 1.82) is 0 Å². The van der Waals surface area contributed by atoms with Gasteiger partial charge in [-0.25, -0.2) is 8.42 Å². The van der Waals surface area contributed by atoms with Gasteiger partial charge in [0.25, 0.3) is 10.0 Å². The Morgan fingerprint density at radius 1 is 1.12 bits per heavy atom. The van der Waals surface area contributed by atoms with Gasteiger partial charge in [-0.15, -0.1) is 11.3 Å². The fraction of sp³-hybridized carbons (Fsp3) is 0.250. The molecule has 2 aromatic heterocycles. The maximum absolute atomic E-state index is 12.7. The lowest BCUT2D eigenvalue weighted by molar-refractivity contribution is 0.394. The van der Waals surface area contributed by atoms with Gasteiger partial charge in [0.15, 0.2) is 0 Å². The summed E-state index contributed by atoms with van der Waals surface area (Å²) in [5.41, 5.74) is 2.53. The molecule has 0 aliphatic carbocycles. The molecule has 0 radical (unpaired) electrons. The maximum atomic E-state index is 12.7. The van der Waals surface area contributed by atoms with Crippen LogP contribution in [0.1, 0.15) is 21.9 Å². The minimum atomic E-state index is -3.69. The molecule has 0 amide bonds. The number of hydrogen-bond donors (Lipinski definition) is 1. The van der Waals surface area contributed by atoms with Gasteiger partial charge >= 0.3 is 0 Å². The van der Waals surface area contributed by atoms with Crippen molar-refractivity contribution < 1.29 is 12.9 Å². The highest BCUT2D eigenvalue weighted by Crippen LogP contribution is 2.33. The third-order valence-corrected chi connectivity index (χ3v) is 6.20. The van der Waals surface area contributed by atoms with E-state index in [1.165, 1.54) is 11.3 Å². The summed E-state index contributed by atoms with van der Waals surface area (Å²) in [5.74, 6) is 0.836. The van der Waals surface area contributed by atoms with Crippen molar-refractivity contribution >= 4 is 27.0 Å². The van der Waals surface area contributed by atoms with E-state index in [-0.39, 0.29) is 4.90 Å². The predicted octanol–water partition coefficient (Wildman–Crippen LogP) is 3.83. The highest BCUT2D eigenvalue weighted by molar-refractivity contribution is 7.93. The van der Waals surface area contributed by atoms with Crippen molar-refractivity contribution in [3.8, 4) is 10.7 Å². The van der Waals surface area contributed by atoms with Crippen LogP contribution in [0.25, 0.3) is 10.7 Å². The van der Waals surface area contributed by atoms with Gasteiger partial charge in [-0.2, -0.15) is 4.98 Å². The Bertz CT molecular complexity index is 1000. The van der Waals surface area contributed by atoms with E-state index in [2.05, 4.69) is 14.9 Å². The molecule has 6 nitrogen and oxygen atoms in total. The van der Waals surface area contributed by atoms with Gasteiger partial charge in [0, 0.05) is 11.8 Å². The van der Waals surface area contributed by atoms with E-state index in [1.807, 2.05) is 26.0 Å². The summed E-state index contributed by atoms with van der Waals surface area (Å²) in [5, 5.41) is 3.84. The lowest BCUT2D eigenvalue weighted by atomic mass is 10.1. The van der Waals surface area contributed by atoms with Crippen LogP contribution in [-0.2, 0) is 10.0 Å². The third kappa shape index (κ3) is 3.20. The van der Waals surface area contributed by atoms with Crippen molar-refractivity contribution in [3.63, 3.8) is 0 Å². The number of nitrogens with zero attached hydrogens (tertiary/aromatic N) is 2. The minimum absolute atomic E-state index is 0.227. The first-order valence-electron chi connectivity index (χ1n) is 7.27. The molecule has 0 bridgehead atoms. The number of anilines is 1. The minimum Gasteiger partial charge on any atom is -0.339 e. The maximum Gasteiger partial charge on any atom is 0.263 e. The van der Waals surface area contributed by atoms with Crippen LogP contribution in [-0.4, -0.2) is 18.6 Å². The molecule has 0 atom stereocenters. The largest absolute Gasteiger partial charge is 0.339 e. The van der Waals surface area contributed by atoms with Gasteiger partial charge in [-0.3, -0.25) is 4.72 Å². The van der Waals surface area contributed by atoms with Crippen LogP contribution in [0.5, 0.6) is 0 Å². The Labute approximate surface area is 144 Å². The first kappa shape index (κ1) is 16.7. The SMILES string of the molecule is Cc1ccc(NS(=O)(=O)c2cc(-c3noc(C)n3)sc2C)c(C)c1. The molecule has 0 saturated carbocycles. The van der Waals surface area contributed by atoms with Gasteiger partial charge < -0.3 is 4.52 Å². The Kier molecular flexibility index (Phi) is 4.18. The summed E-state index contributed by atoms with van der Waals surface area (Å²) in [6.07, 6.45) is 0. The molecule has 0 aliphatic rings. The number of benzene rings is 1. The molecule has 0 saturated heterocycles. The summed E-state index contributed by atoms with van der Waals surface area (Å²) < 4.78 is 33.1. The van der Waals surface area contributed by atoms with Crippen molar-refractivity contribution in [2.24, 2.45) is 0 Å². The number of nitrogens with one attached hydrogen (secondary N) is 1. The molecule has 3 aromatic rings. The summed E-state index contributed by atoms with van der Waals surface area (Å²) >= 11 is 1.32. The lowest BCUT2D eigenvalue weighted by Gasteiger charge is -2.10. The highest BCUT2D eigenvalue weighted by atomic mass is 32.2. The summed E-state index contributed by atoms with van der Waals surface area (Å²) in [7, 11) is -3.69. The van der Waals surface area contributed by atoms with E-state index in [1.54, 1.807) is 26.0 Å². The van der Waals surface area contributed by atoms with Crippen LogP contribution >= 0.6 is 11.3 Å². The van der Waals surface area contributed by atoms with E-state index >= 15 is 0 Å². The summed E-state index contributed by atoms with van der Waals surface area (Å²) in [6, 6.07) is 7.16. The van der Waals surface area contributed by atoms with Crippen LogP contribution in [0.4, 0.5) is 5.69 Å². The second-order valence-corrected chi connectivity index (χ2v) is 8.50. The summed E-state index contributed by atoms with van der Waals surface area (Å²) in [6.45, 7) is 7.29. The Morgan fingerprint density at radius 2 is 1.88 bits per heavy atom. The van der Waals surface area contributed by atoms with E-state index in [0.717, 1.165) is 11.1 Å². The molecular weight excluding hydrogens is 346 g/mol. The van der Waals surface area contributed by atoms with Crippen LogP contribution in [0.3, 0.4) is 0 Å². The number of aryl methyl sites for hydroxylation is 4. The first-order chi connectivity index (χ1) is 11.3. The number of rotatable bonds is 4. The lowest BCUT2D eigenvalue weighted by Crippen LogP contribution is -2.14. The van der Waals surface area contributed by atoms with Crippen LogP contribution in [0.15, 0.2) is 33.7 Å². The van der Waals surface area contributed by atoms with Crippen LogP contribution in [0, 0.1) is 27.7 Å². The third-order valence-electron chi connectivity index (χ3n) is 3.54. The second-order valence-electron chi connectivity index (χ2n) is 5.59. The van der Waals surface area contributed by atoms with Crippen molar-refractivity contribution in [2.75, 3.05) is 4.72 Å². The molecule has 0 fully saturated rings. The monoisotopic (exact) mass is 363 g/mol. The standard InChI is InChI=1S/C16H17N3O3S2/c1-9-5-6-13(10(2)7-9)19-24(20,21)15-8-14(23-11(15)3)16-17-12(4)22-18-16/h5-8,19H,1-4H3. The molecule has 1 N–H and O–H groups in total. The van der Waals surface area contributed by atoms with E-state index < -0.39 is 10.0 Å². The molecule has 3 rings (SSSR count). The number of aromatic nitrogens is 2. The van der Waals surface area contributed by atoms with Gasteiger partial charge in [-0.05, 0) is 38.5 Å². The molecule has 8 heteroatoms. The van der Waals surface area contributed by atoms with Gasteiger partial charge in [-0.1, -0.05) is 22.9 Å². The predicted molar refractivity (Wildman–Crippen MR) is 93.8 cm³/mol. The number of hydrogen-bond acceptors (Lipinski definition) is 6. The van der Waals surface area contributed by atoms with Gasteiger partial charge in [0.2, 0.25) is 11.7 Å². The Balaban J connectivity index is 1.96. The van der Waals surface area contributed by atoms with Gasteiger partial charge in [0.05, 0.1) is 10.6 Å². The zero-order valence-corrected chi connectivity index (χ0v) is 15.4. The van der Waals surface area contributed by atoms with Crippen LogP contribution < -0.4 is 4.72 Å². The quantitative estimate of drug-likeness (QED) is 0.761. The van der Waals surface area contributed by atoms with Gasteiger partial charge in [0.1, 0.15) is 4.90 Å². The zero-order valence-electron chi connectivity index (χ0n) is 13.7.